The zero-order chi connectivity index (χ0) is 24.9. The van der Waals surface area contributed by atoms with E-state index in [1.807, 2.05) is 4.90 Å². The van der Waals surface area contributed by atoms with Crippen molar-refractivity contribution in [2.24, 2.45) is 5.92 Å². The Morgan fingerprint density at radius 1 is 1.11 bits per heavy atom. The molecule has 2 aromatic rings. The Morgan fingerprint density at radius 2 is 1.92 bits per heavy atom. The molecular formula is C25H34N8O3. The van der Waals surface area contributed by atoms with Crippen molar-refractivity contribution in [3.63, 3.8) is 0 Å². The molecule has 0 aliphatic carbocycles. The minimum atomic E-state index is -0.197. The van der Waals surface area contributed by atoms with Gasteiger partial charge in [-0.25, -0.2) is 15.0 Å². The molecule has 11 nitrogen and oxygen atoms in total. The number of carbonyl (C=O) groups excluding carboxylic acids is 1. The number of morpholine rings is 1. The molecule has 3 atom stereocenters. The number of nitrogen functional groups attached to an aromatic ring is 1. The second kappa shape index (κ2) is 9.11. The summed E-state index contributed by atoms with van der Waals surface area (Å²) in [6.07, 6.45) is 6.02. The van der Waals surface area contributed by atoms with Crippen LogP contribution >= 0.6 is 0 Å². The molecule has 3 fully saturated rings. The number of nitrogens with two attached hydrogens (primary N) is 1. The van der Waals surface area contributed by atoms with Gasteiger partial charge in [-0.05, 0) is 33.1 Å². The summed E-state index contributed by atoms with van der Waals surface area (Å²) in [5, 5.41) is 0. The number of carbonyl (C=O) groups is 1. The van der Waals surface area contributed by atoms with Crippen molar-refractivity contribution in [3.05, 3.63) is 18.0 Å². The number of aromatic nitrogens is 4. The molecule has 0 radical (unpaired) electrons. The van der Waals surface area contributed by atoms with E-state index >= 15 is 0 Å². The first-order valence-electron chi connectivity index (χ1n) is 12.9. The van der Waals surface area contributed by atoms with Crippen molar-refractivity contribution in [2.75, 3.05) is 68.1 Å². The number of rotatable bonds is 4. The smallest absolute Gasteiger partial charge is 0.228 e. The first kappa shape index (κ1) is 23.4. The Balaban J connectivity index is 1.36. The third-order valence-electron chi connectivity index (χ3n) is 8.08. The van der Waals surface area contributed by atoms with Crippen LogP contribution in [0.3, 0.4) is 0 Å². The van der Waals surface area contributed by atoms with Gasteiger partial charge in [0, 0.05) is 56.3 Å². The van der Waals surface area contributed by atoms with Crippen LogP contribution in [0.15, 0.2) is 12.4 Å². The molecule has 0 unspecified atom stereocenters. The molecular weight excluding hydrogens is 460 g/mol. The molecule has 0 bridgehead atoms. The highest BCUT2D eigenvalue weighted by atomic mass is 16.5. The van der Waals surface area contributed by atoms with Gasteiger partial charge >= 0.3 is 0 Å². The van der Waals surface area contributed by atoms with Gasteiger partial charge < -0.3 is 29.9 Å². The first-order chi connectivity index (χ1) is 17.4. The highest BCUT2D eigenvalue weighted by molar-refractivity contribution is 5.80. The molecule has 2 aromatic heterocycles. The van der Waals surface area contributed by atoms with Crippen LogP contribution in [0.2, 0.25) is 0 Å². The highest BCUT2D eigenvalue weighted by Gasteiger charge is 2.46. The standard InChI is InChI=1S/C25H34N8O3/c1-16-13-36-10-8-32(16)24-29-20(18-11-27-23(26)28-12-18)19-3-6-33(21(19)30-24)25(2)5-7-31(15-25)22(34)17-4-9-35-14-17/h11-12,16-17H,3-10,13-15H2,1-2H3,(H2,26,27,28)/t16-,17+,25-/m0/s1. The van der Waals surface area contributed by atoms with Crippen molar-refractivity contribution >= 4 is 23.6 Å². The third-order valence-corrected chi connectivity index (χ3v) is 8.08. The Labute approximate surface area is 211 Å². The number of ether oxygens (including phenoxy) is 2. The predicted molar refractivity (Wildman–Crippen MR) is 135 cm³/mol. The fraction of sp³-hybridized carbons (Fsp3) is 0.640. The van der Waals surface area contributed by atoms with E-state index in [4.69, 9.17) is 25.2 Å². The fourth-order valence-electron chi connectivity index (χ4n) is 5.96. The van der Waals surface area contributed by atoms with E-state index in [2.05, 4.69) is 33.6 Å². The molecule has 4 aliphatic rings. The van der Waals surface area contributed by atoms with E-state index < -0.39 is 0 Å². The lowest BCUT2D eigenvalue weighted by Gasteiger charge is -2.38. The number of nitrogens with zero attached hydrogens (tertiary/aromatic N) is 7. The maximum atomic E-state index is 13.1. The molecule has 0 aromatic carbocycles. The molecule has 11 heteroatoms. The molecule has 4 aliphatic heterocycles. The molecule has 6 rings (SSSR count). The normalized spacial score (nSPS) is 28.1. The lowest BCUT2D eigenvalue weighted by molar-refractivity contribution is -0.134. The van der Waals surface area contributed by atoms with E-state index in [-0.39, 0.29) is 29.4 Å². The quantitative estimate of drug-likeness (QED) is 0.662. The molecule has 192 valence electrons. The summed E-state index contributed by atoms with van der Waals surface area (Å²) in [4.78, 5) is 38.4. The van der Waals surface area contributed by atoms with Crippen molar-refractivity contribution < 1.29 is 14.3 Å². The summed E-state index contributed by atoms with van der Waals surface area (Å²) in [6, 6.07) is 0.172. The van der Waals surface area contributed by atoms with Crippen LogP contribution in [-0.2, 0) is 20.7 Å². The number of anilines is 3. The summed E-state index contributed by atoms with van der Waals surface area (Å²) in [5.41, 5.74) is 8.36. The van der Waals surface area contributed by atoms with Gasteiger partial charge in [-0.3, -0.25) is 4.79 Å². The van der Waals surface area contributed by atoms with Gasteiger partial charge in [-0.15, -0.1) is 0 Å². The summed E-state index contributed by atoms with van der Waals surface area (Å²) >= 11 is 0. The summed E-state index contributed by atoms with van der Waals surface area (Å²) in [5.74, 6) is 2.10. The summed E-state index contributed by atoms with van der Waals surface area (Å²) in [7, 11) is 0. The van der Waals surface area contributed by atoms with Crippen LogP contribution in [0.1, 0.15) is 32.3 Å². The van der Waals surface area contributed by atoms with E-state index in [9.17, 15) is 4.79 Å². The zero-order valence-corrected chi connectivity index (χ0v) is 21.0. The van der Waals surface area contributed by atoms with Crippen LogP contribution < -0.4 is 15.5 Å². The van der Waals surface area contributed by atoms with Gasteiger partial charge in [0.1, 0.15) is 5.82 Å². The molecule has 0 saturated carbocycles. The molecule has 1 amide bonds. The number of likely N-dealkylation sites (tertiary alicyclic amines) is 1. The number of amides is 1. The Kier molecular flexibility index (Phi) is 5.91. The zero-order valence-electron chi connectivity index (χ0n) is 21.0. The van der Waals surface area contributed by atoms with Crippen molar-refractivity contribution in [1.29, 1.82) is 0 Å². The SMILES string of the molecule is C[C@H]1COCCN1c1nc(-c2cnc(N)nc2)c2c(n1)N([C@@]1(C)CCN(C(=O)[C@@H]3CCOC3)C1)CC2. The molecule has 36 heavy (non-hydrogen) atoms. The number of hydrogen-bond acceptors (Lipinski definition) is 10. The van der Waals surface area contributed by atoms with Crippen LogP contribution in [-0.4, -0.2) is 94.9 Å². The monoisotopic (exact) mass is 494 g/mol. The van der Waals surface area contributed by atoms with Gasteiger partial charge in [-0.2, -0.15) is 4.98 Å². The molecule has 0 spiro atoms. The van der Waals surface area contributed by atoms with Gasteiger partial charge in [0.25, 0.3) is 0 Å². The van der Waals surface area contributed by atoms with Crippen molar-refractivity contribution in [3.8, 4) is 11.3 Å². The van der Waals surface area contributed by atoms with Gasteiger partial charge in [-0.1, -0.05) is 0 Å². The van der Waals surface area contributed by atoms with E-state index in [1.54, 1.807) is 12.4 Å². The van der Waals surface area contributed by atoms with E-state index in [0.29, 0.717) is 38.9 Å². The van der Waals surface area contributed by atoms with Crippen LogP contribution in [0.5, 0.6) is 0 Å². The van der Waals surface area contributed by atoms with Crippen LogP contribution in [0, 0.1) is 5.92 Å². The van der Waals surface area contributed by atoms with Crippen molar-refractivity contribution in [1.82, 2.24) is 24.8 Å². The Hall–Kier alpha value is -3.05. The second-order valence-electron chi connectivity index (χ2n) is 10.6. The molecule has 2 N–H and O–H groups in total. The number of hydrogen-bond donors (Lipinski definition) is 1. The third kappa shape index (κ3) is 4.03. The maximum absolute atomic E-state index is 13.1. The topological polar surface area (TPSA) is 123 Å². The Bertz CT molecular complexity index is 1140. The van der Waals surface area contributed by atoms with E-state index in [1.165, 1.54) is 0 Å². The summed E-state index contributed by atoms with van der Waals surface area (Å²) in [6.45, 7) is 9.92. The maximum Gasteiger partial charge on any atom is 0.228 e. The van der Waals surface area contributed by atoms with Crippen LogP contribution in [0.4, 0.5) is 17.7 Å². The summed E-state index contributed by atoms with van der Waals surface area (Å²) < 4.78 is 11.1. The van der Waals surface area contributed by atoms with Gasteiger partial charge in [0.2, 0.25) is 17.8 Å². The van der Waals surface area contributed by atoms with Crippen LogP contribution in [0.25, 0.3) is 11.3 Å². The Morgan fingerprint density at radius 3 is 2.67 bits per heavy atom. The lowest BCUT2D eigenvalue weighted by Crippen LogP contribution is -2.49. The average molecular weight is 495 g/mol. The molecule has 6 heterocycles. The van der Waals surface area contributed by atoms with E-state index in [0.717, 1.165) is 61.5 Å². The minimum Gasteiger partial charge on any atom is -0.381 e. The van der Waals surface area contributed by atoms with Gasteiger partial charge in [0.15, 0.2) is 0 Å². The second-order valence-corrected chi connectivity index (χ2v) is 10.6. The van der Waals surface area contributed by atoms with Crippen molar-refractivity contribution in [2.45, 2.75) is 44.7 Å². The lowest BCUT2D eigenvalue weighted by atomic mass is 9.99. The predicted octanol–water partition coefficient (Wildman–Crippen LogP) is 1.13. The average Bonchev–Trinajstić information content (AvgIpc) is 3.64. The highest BCUT2D eigenvalue weighted by Crippen LogP contribution is 2.42. The molecule has 3 saturated heterocycles. The largest absolute Gasteiger partial charge is 0.381 e. The fourth-order valence-corrected chi connectivity index (χ4v) is 5.96. The number of fused-ring (bicyclic) bond motifs is 1. The van der Waals surface area contributed by atoms with Gasteiger partial charge in [0.05, 0.1) is 43.0 Å². The first-order valence-corrected chi connectivity index (χ1v) is 12.9. The minimum absolute atomic E-state index is 0.00734.